The molecule has 78 valence electrons. The average molecular weight is 195 g/mol. The van der Waals surface area contributed by atoms with Gasteiger partial charge in [0.05, 0.1) is 6.10 Å². The summed E-state index contributed by atoms with van der Waals surface area (Å²) in [6.07, 6.45) is 1.02. The number of nitrogen functional groups attached to an aromatic ring is 1. The molecule has 0 aliphatic carbocycles. The zero-order chi connectivity index (χ0) is 10.6. The van der Waals surface area contributed by atoms with Crippen LogP contribution >= 0.6 is 0 Å². The largest absolute Gasteiger partial charge is 0.387 e. The van der Waals surface area contributed by atoms with Gasteiger partial charge in [0.25, 0.3) is 0 Å². The number of nitrogens with one attached hydrogen (secondary N) is 1. The maximum absolute atomic E-state index is 9.77. The van der Waals surface area contributed by atoms with Crippen molar-refractivity contribution in [1.82, 2.24) is 10.3 Å². The standard InChI is InChI=1S/C10H17N3O/c1-7(2)13-6-9(14)8-4-3-5-12-10(8)11/h3-5,7,9,13-14H,6H2,1-2H3,(H2,11,12). The van der Waals surface area contributed by atoms with Crippen molar-refractivity contribution in [3.05, 3.63) is 23.9 Å². The highest BCUT2D eigenvalue weighted by Crippen LogP contribution is 2.16. The average Bonchev–Trinajstić information content (AvgIpc) is 2.15. The van der Waals surface area contributed by atoms with Crippen LogP contribution in [0.15, 0.2) is 18.3 Å². The topological polar surface area (TPSA) is 71.2 Å². The molecule has 1 rings (SSSR count). The summed E-state index contributed by atoms with van der Waals surface area (Å²) in [5.74, 6) is 0.394. The maximum Gasteiger partial charge on any atom is 0.129 e. The molecule has 14 heavy (non-hydrogen) atoms. The normalized spacial score (nSPS) is 13.1. The quantitative estimate of drug-likeness (QED) is 0.661. The first-order valence-electron chi connectivity index (χ1n) is 4.73. The van der Waals surface area contributed by atoms with Gasteiger partial charge in [-0.3, -0.25) is 0 Å². The van der Waals surface area contributed by atoms with Crippen LogP contribution in [-0.4, -0.2) is 22.7 Å². The van der Waals surface area contributed by atoms with Crippen molar-refractivity contribution in [3.63, 3.8) is 0 Å². The number of pyridine rings is 1. The Morgan fingerprint density at radius 3 is 2.86 bits per heavy atom. The van der Waals surface area contributed by atoms with Crippen LogP contribution in [0.5, 0.6) is 0 Å². The summed E-state index contributed by atoms with van der Waals surface area (Å²) >= 11 is 0. The Bertz CT molecular complexity index is 288. The third-order valence-corrected chi connectivity index (χ3v) is 1.95. The SMILES string of the molecule is CC(C)NCC(O)c1cccnc1N. The van der Waals surface area contributed by atoms with E-state index in [4.69, 9.17) is 5.73 Å². The molecule has 1 atom stereocenters. The van der Waals surface area contributed by atoms with Gasteiger partial charge in [-0.25, -0.2) is 4.98 Å². The van der Waals surface area contributed by atoms with E-state index in [9.17, 15) is 5.11 Å². The molecule has 1 unspecified atom stereocenters. The second kappa shape index (κ2) is 4.93. The predicted octanol–water partition coefficient (Wildman–Crippen LogP) is 0.695. The molecular weight excluding hydrogens is 178 g/mol. The van der Waals surface area contributed by atoms with Gasteiger partial charge in [0.15, 0.2) is 0 Å². The molecule has 4 N–H and O–H groups in total. The molecule has 4 nitrogen and oxygen atoms in total. The monoisotopic (exact) mass is 195 g/mol. The highest BCUT2D eigenvalue weighted by atomic mass is 16.3. The summed E-state index contributed by atoms with van der Waals surface area (Å²) in [5, 5.41) is 12.9. The van der Waals surface area contributed by atoms with Crippen molar-refractivity contribution < 1.29 is 5.11 Å². The van der Waals surface area contributed by atoms with E-state index in [0.717, 1.165) is 0 Å². The summed E-state index contributed by atoms with van der Waals surface area (Å²) in [6.45, 7) is 4.55. The fourth-order valence-corrected chi connectivity index (χ4v) is 1.17. The number of hydrogen-bond donors (Lipinski definition) is 3. The van der Waals surface area contributed by atoms with Crippen LogP contribution in [-0.2, 0) is 0 Å². The molecule has 0 bridgehead atoms. The Morgan fingerprint density at radius 2 is 2.29 bits per heavy atom. The lowest BCUT2D eigenvalue weighted by Gasteiger charge is -2.15. The van der Waals surface area contributed by atoms with Gasteiger partial charge >= 0.3 is 0 Å². The van der Waals surface area contributed by atoms with Crippen LogP contribution in [0.4, 0.5) is 5.82 Å². The van der Waals surface area contributed by atoms with Crippen LogP contribution in [0.1, 0.15) is 25.5 Å². The molecule has 1 heterocycles. The van der Waals surface area contributed by atoms with E-state index in [0.29, 0.717) is 24.0 Å². The molecule has 0 amide bonds. The van der Waals surface area contributed by atoms with Crippen LogP contribution in [0, 0.1) is 0 Å². The van der Waals surface area contributed by atoms with E-state index in [1.54, 1.807) is 18.3 Å². The first-order valence-corrected chi connectivity index (χ1v) is 4.73. The second-order valence-corrected chi connectivity index (χ2v) is 3.56. The minimum atomic E-state index is -0.592. The first-order chi connectivity index (χ1) is 6.61. The Balaban J connectivity index is 2.60. The molecule has 0 saturated carbocycles. The van der Waals surface area contributed by atoms with Crippen molar-refractivity contribution in [2.24, 2.45) is 0 Å². The third kappa shape index (κ3) is 2.97. The minimum Gasteiger partial charge on any atom is -0.387 e. The summed E-state index contributed by atoms with van der Waals surface area (Å²) in [4.78, 5) is 3.92. The smallest absolute Gasteiger partial charge is 0.129 e. The fourth-order valence-electron chi connectivity index (χ4n) is 1.17. The zero-order valence-electron chi connectivity index (χ0n) is 8.57. The van der Waals surface area contributed by atoms with Gasteiger partial charge in [-0.1, -0.05) is 19.9 Å². The summed E-state index contributed by atoms with van der Waals surface area (Å²) in [7, 11) is 0. The van der Waals surface area contributed by atoms with Gasteiger partial charge in [0, 0.05) is 24.3 Å². The number of anilines is 1. The van der Waals surface area contributed by atoms with E-state index in [1.165, 1.54) is 0 Å². The van der Waals surface area contributed by atoms with E-state index in [1.807, 2.05) is 13.8 Å². The van der Waals surface area contributed by atoms with Gasteiger partial charge < -0.3 is 16.2 Å². The minimum absolute atomic E-state index is 0.350. The van der Waals surface area contributed by atoms with Gasteiger partial charge in [-0.2, -0.15) is 0 Å². The molecular formula is C10H17N3O. The van der Waals surface area contributed by atoms with E-state index in [2.05, 4.69) is 10.3 Å². The molecule has 0 aliphatic heterocycles. The maximum atomic E-state index is 9.77. The Morgan fingerprint density at radius 1 is 1.57 bits per heavy atom. The molecule has 1 aromatic heterocycles. The van der Waals surface area contributed by atoms with Gasteiger partial charge in [-0.05, 0) is 6.07 Å². The van der Waals surface area contributed by atoms with Crippen molar-refractivity contribution in [2.75, 3.05) is 12.3 Å². The van der Waals surface area contributed by atoms with Gasteiger partial charge in [0.2, 0.25) is 0 Å². The molecule has 0 saturated heterocycles. The highest BCUT2D eigenvalue weighted by molar-refractivity contribution is 5.40. The molecule has 4 heteroatoms. The Kier molecular flexibility index (Phi) is 3.85. The molecule has 0 radical (unpaired) electrons. The van der Waals surface area contributed by atoms with Crippen molar-refractivity contribution in [2.45, 2.75) is 26.0 Å². The van der Waals surface area contributed by atoms with Crippen molar-refractivity contribution >= 4 is 5.82 Å². The van der Waals surface area contributed by atoms with Crippen molar-refractivity contribution in [1.29, 1.82) is 0 Å². The highest BCUT2D eigenvalue weighted by Gasteiger charge is 2.10. The molecule has 0 fully saturated rings. The van der Waals surface area contributed by atoms with Crippen LogP contribution in [0.2, 0.25) is 0 Å². The lowest BCUT2D eigenvalue weighted by atomic mass is 10.1. The summed E-state index contributed by atoms with van der Waals surface area (Å²) in [6, 6.07) is 3.90. The fraction of sp³-hybridized carbons (Fsp3) is 0.500. The summed E-state index contributed by atoms with van der Waals surface area (Å²) in [5.41, 5.74) is 6.31. The van der Waals surface area contributed by atoms with Gasteiger partial charge in [0.1, 0.15) is 5.82 Å². The molecule has 0 aromatic carbocycles. The summed E-state index contributed by atoms with van der Waals surface area (Å²) < 4.78 is 0. The Labute approximate surface area is 84.2 Å². The first kappa shape index (κ1) is 10.9. The van der Waals surface area contributed by atoms with Crippen LogP contribution in [0.25, 0.3) is 0 Å². The number of nitrogens with zero attached hydrogens (tertiary/aromatic N) is 1. The zero-order valence-corrected chi connectivity index (χ0v) is 8.57. The number of aromatic nitrogens is 1. The lowest BCUT2D eigenvalue weighted by molar-refractivity contribution is 0.172. The van der Waals surface area contributed by atoms with Crippen LogP contribution in [0.3, 0.4) is 0 Å². The molecule has 0 spiro atoms. The number of aliphatic hydroxyl groups excluding tert-OH is 1. The van der Waals surface area contributed by atoms with E-state index < -0.39 is 6.10 Å². The lowest BCUT2D eigenvalue weighted by Crippen LogP contribution is -2.28. The molecule has 0 aliphatic rings. The van der Waals surface area contributed by atoms with E-state index >= 15 is 0 Å². The number of nitrogens with two attached hydrogens (primary N) is 1. The van der Waals surface area contributed by atoms with Gasteiger partial charge in [-0.15, -0.1) is 0 Å². The van der Waals surface area contributed by atoms with E-state index in [-0.39, 0.29) is 0 Å². The number of rotatable bonds is 4. The van der Waals surface area contributed by atoms with Crippen molar-refractivity contribution in [3.8, 4) is 0 Å². The Hall–Kier alpha value is -1.13. The number of hydrogen-bond acceptors (Lipinski definition) is 4. The van der Waals surface area contributed by atoms with Crippen LogP contribution < -0.4 is 11.1 Å². The second-order valence-electron chi connectivity index (χ2n) is 3.56. The number of aliphatic hydroxyl groups is 1. The predicted molar refractivity (Wildman–Crippen MR) is 56.7 cm³/mol. The third-order valence-electron chi connectivity index (χ3n) is 1.95. The molecule has 1 aromatic rings.